The average molecular weight is 431 g/mol. The minimum absolute atomic E-state index is 0.0372. The molecule has 0 saturated heterocycles. The van der Waals surface area contributed by atoms with Crippen LogP contribution in [0.15, 0.2) is 70.6 Å². The van der Waals surface area contributed by atoms with E-state index in [1.54, 1.807) is 0 Å². The van der Waals surface area contributed by atoms with E-state index in [0.29, 0.717) is 0 Å². The fourth-order valence-corrected chi connectivity index (χ4v) is 3.76. The number of hydrogen-bond donors (Lipinski definition) is 5. The molecule has 0 fully saturated rings. The summed E-state index contributed by atoms with van der Waals surface area (Å²) in [6.07, 6.45) is 1.38. The van der Waals surface area contributed by atoms with Gasteiger partial charge in [0.2, 0.25) is 0 Å². The summed E-state index contributed by atoms with van der Waals surface area (Å²) in [6, 6.07) is 15.4. The maximum atomic E-state index is 11.1. The van der Waals surface area contributed by atoms with Gasteiger partial charge in [0, 0.05) is 34.2 Å². The number of nitrogens with zero attached hydrogens (tertiary/aromatic N) is 1. The summed E-state index contributed by atoms with van der Waals surface area (Å²) in [4.78, 5) is 4.29. The van der Waals surface area contributed by atoms with E-state index in [1.165, 1.54) is 18.3 Å². The molecule has 0 unspecified atom stereocenters. The van der Waals surface area contributed by atoms with Gasteiger partial charge in [0.25, 0.3) is 10.1 Å². The first-order valence-corrected chi connectivity index (χ1v) is 10.4. The highest BCUT2D eigenvalue weighted by Gasteiger charge is 2.18. The molecule has 7 N–H and O–H groups in total. The van der Waals surface area contributed by atoms with Gasteiger partial charge in [-0.05, 0) is 53.2 Å². The average Bonchev–Trinajstić information content (AvgIpc) is 2.70. The van der Waals surface area contributed by atoms with Gasteiger partial charge in [-0.15, -0.1) is 0 Å². The number of nitrogen functional groups attached to an aromatic ring is 2. The number of nitrogens with two attached hydrogens (primary N) is 2. The molecule has 0 radical (unpaired) electrons. The minimum atomic E-state index is -4.40. The van der Waals surface area contributed by atoms with E-state index < -0.39 is 10.1 Å². The van der Waals surface area contributed by atoms with E-state index in [0.717, 1.165) is 39.5 Å². The number of fused-ring (bicyclic) bond motifs is 2. The van der Waals surface area contributed by atoms with Gasteiger partial charge in [-0.3, -0.25) is 9.54 Å². The molecule has 0 saturated carbocycles. The smallest absolute Gasteiger partial charge is 0.295 e. The molecule has 4 aromatic rings. The largest absolute Gasteiger partial charge is 0.504 e. The monoisotopic (exact) mass is 431 g/mol. The molecule has 4 rings (SSSR count). The van der Waals surface area contributed by atoms with Crippen molar-refractivity contribution in [3.05, 3.63) is 60.8 Å². The predicted molar refractivity (Wildman–Crippen MR) is 114 cm³/mol. The van der Waals surface area contributed by atoms with Crippen LogP contribution in [0.2, 0.25) is 0 Å². The van der Waals surface area contributed by atoms with E-state index in [2.05, 4.69) is 4.98 Å². The first-order chi connectivity index (χ1) is 13.7. The number of aromatic hydroxyl groups is 1. The molecule has 0 bridgehead atoms. The Morgan fingerprint density at radius 3 is 2.34 bits per heavy atom. The molecule has 10 heteroatoms. The third-order valence-corrected chi connectivity index (χ3v) is 5.43. The fraction of sp³-hybridized carbons (Fsp3) is 0. The molecule has 8 nitrogen and oxygen atoms in total. The number of rotatable bonds is 2. The van der Waals surface area contributed by atoms with E-state index in [4.69, 9.17) is 20.6 Å². The summed E-state index contributed by atoms with van der Waals surface area (Å²) in [7, 11) is -4.40. The molecule has 0 amide bonds. The maximum Gasteiger partial charge on any atom is 0.295 e. The number of anilines is 2. The summed E-state index contributed by atoms with van der Waals surface area (Å²) >= 11 is 0.757. The van der Waals surface area contributed by atoms with Gasteiger partial charge in [-0.2, -0.15) is 8.42 Å². The van der Waals surface area contributed by atoms with Crippen LogP contribution >= 0.6 is 12.0 Å². The summed E-state index contributed by atoms with van der Waals surface area (Å²) in [6.45, 7) is 0. The Bertz CT molecular complexity index is 1310. The minimum Gasteiger partial charge on any atom is -0.504 e. The molecular weight excluding hydrogens is 414 g/mol. The van der Waals surface area contributed by atoms with Crippen molar-refractivity contribution in [3.8, 4) is 5.75 Å². The quantitative estimate of drug-likeness (QED) is 0.138. The summed E-state index contributed by atoms with van der Waals surface area (Å²) in [5, 5.41) is 11.9. The first-order valence-electron chi connectivity index (χ1n) is 8.15. The van der Waals surface area contributed by atoms with Crippen molar-refractivity contribution in [1.82, 2.24) is 4.98 Å². The number of pyridine rings is 1. The van der Waals surface area contributed by atoms with E-state index >= 15 is 0 Å². The van der Waals surface area contributed by atoms with Gasteiger partial charge in [-0.1, -0.05) is 12.1 Å². The summed E-state index contributed by atoms with van der Waals surface area (Å²) < 4.78 is 40.1. The number of benzene rings is 3. The second-order valence-corrected chi connectivity index (χ2v) is 8.09. The van der Waals surface area contributed by atoms with Crippen LogP contribution in [0, 0.1) is 0 Å². The maximum absolute atomic E-state index is 11.1. The fourth-order valence-electron chi connectivity index (χ4n) is 2.73. The molecule has 0 spiro atoms. The standard InChI is InChI=1S/C10H9NOS.C9H8N2O4S/c11-9-3-1-8-6-10(13-12)4-2-7(8)5-9;10-6-4-7(16(13,14)15)5-2-1-3-11-8(5)9(6)12/h1-6,12H,11H2;1-4,12H,10H2,(H,13,14,15). The molecule has 0 aliphatic heterocycles. The van der Waals surface area contributed by atoms with Crippen molar-refractivity contribution < 1.29 is 22.6 Å². The third-order valence-electron chi connectivity index (χ3n) is 4.08. The lowest BCUT2D eigenvalue weighted by atomic mass is 10.1. The highest BCUT2D eigenvalue weighted by molar-refractivity contribution is 7.93. The van der Waals surface area contributed by atoms with Gasteiger partial charge >= 0.3 is 0 Å². The van der Waals surface area contributed by atoms with Gasteiger partial charge in [0.05, 0.1) is 5.69 Å². The Balaban J connectivity index is 0.000000169. The van der Waals surface area contributed by atoms with Crippen LogP contribution in [0.3, 0.4) is 0 Å². The van der Waals surface area contributed by atoms with Crippen LogP contribution in [0.4, 0.5) is 11.4 Å². The number of phenolic OH excluding ortho intramolecular Hbond substituents is 1. The van der Waals surface area contributed by atoms with Crippen LogP contribution in [0.25, 0.3) is 21.7 Å². The predicted octanol–water partition coefficient (Wildman–Crippen LogP) is 3.76. The lowest BCUT2D eigenvalue weighted by Crippen LogP contribution is -2.01. The van der Waals surface area contributed by atoms with Crippen molar-refractivity contribution in [3.63, 3.8) is 0 Å². The second-order valence-electron chi connectivity index (χ2n) is 6.05. The zero-order valence-corrected chi connectivity index (χ0v) is 16.5. The van der Waals surface area contributed by atoms with Crippen LogP contribution in [-0.2, 0) is 10.1 Å². The van der Waals surface area contributed by atoms with Crippen molar-refractivity contribution in [1.29, 1.82) is 0 Å². The van der Waals surface area contributed by atoms with Crippen molar-refractivity contribution in [2.45, 2.75) is 9.79 Å². The highest BCUT2D eigenvalue weighted by Crippen LogP contribution is 2.33. The third kappa shape index (κ3) is 4.51. The Morgan fingerprint density at radius 2 is 1.66 bits per heavy atom. The normalized spacial score (nSPS) is 11.2. The molecule has 0 aliphatic rings. The van der Waals surface area contributed by atoms with Crippen LogP contribution in [-0.4, -0.2) is 27.6 Å². The molecule has 0 aliphatic carbocycles. The van der Waals surface area contributed by atoms with Gasteiger partial charge in [-0.25, -0.2) is 0 Å². The molecule has 150 valence electrons. The summed E-state index contributed by atoms with van der Waals surface area (Å²) in [5.41, 5.74) is 11.7. The highest BCUT2D eigenvalue weighted by atomic mass is 32.2. The van der Waals surface area contributed by atoms with Gasteiger partial charge < -0.3 is 21.1 Å². The molecule has 29 heavy (non-hydrogen) atoms. The number of hydrogen-bond acceptors (Lipinski definition) is 8. The molecule has 1 heterocycles. The van der Waals surface area contributed by atoms with Crippen LogP contribution in [0.5, 0.6) is 5.75 Å². The van der Waals surface area contributed by atoms with Crippen LogP contribution < -0.4 is 11.5 Å². The Morgan fingerprint density at radius 1 is 0.966 bits per heavy atom. The Kier molecular flexibility index (Phi) is 5.80. The Hall–Kier alpha value is -3.05. The van der Waals surface area contributed by atoms with E-state index in [1.807, 2.05) is 36.4 Å². The van der Waals surface area contributed by atoms with Gasteiger partial charge in [0.15, 0.2) is 5.75 Å². The van der Waals surface area contributed by atoms with E-state index in [9.17, 15) is 13.5 Å². The van der Waals surface area contributed by atoms with Crippen LogP contribution in [0.1, 0.15) is 0 Å². The van der Waals surface area contributed by atoms with E-state index in [-0.39, 0.29) is 27.2 Å². The topological polar surface area (TPSA) is 160 Å². The molecule has 0 atom stereocenters. The van der Waals surface area contributed by atoms with Gasteiger partial charge in [0.1, 0.15) is 10.4 Å². The number of phenols is 1. The van der Waals surface area contributed by atoms with Crippen molar-refractivity contribution >= 4 is 55.2 Å². The molecule has 3 aromatic carbocycles. The SMILES string of the molecule is Nc1cc(S(=O)(=O)O)c2cccnc2c1O.Nc1ccc2cc(SO)ccc2c1. The van der Waals surface area contributed by atoms with Crippen molar-refractivity contribution in [2.75, 3.05) is 11.5 Å². The zero-order valence-electron chi connectivity index (χ0n) is 14.9. The second kappa shape index (κ2) is 8.13. The summed E-state index contributed by atoms with van der Waals surface area (Å²) in [5.74, 6) is -0.303. The number of aromatic nitrogens is 1. The lowest BCUT2D eigenvalue weighted by Gasteiger charge is -2.07. The Labute approximate surface area is 170 Å². The van der Waals surface area contributed by atoms with Crippen molar-refractivity contribution in [2.24, 2.45) is 0 Å². The molecular formula is C19H17N3O5S2. The first kappa shape index (κ1) is 20.7. The lowest BCUT2D eigenvalue weighted by molar-refractivity contribution is 0.480. The molecule has 1 aromatic heterocycles. The zero-order chi connectivity index (χ0) is 21.2.